The summed E-state index contributed by atoms with van der Waals surface area (Å²) in [6, 6.07) is 8.37. The fraction of sp³-hybridized carbons (Fsp3) is 0.400. The summed E-state index contributed by atoms with van der Waals surface area (Å²) >= 11 is 0. The minimum atomic E-state index is 0.101. The third kappa shape index (κ3) is 3.65. The molecule has 1 heteroatoms. The summed E-state index contributed by atoms with van der Waals surface area (Å²) in [6.45, 7) is 7.73. The van der Waals surface area contributed by atoms with Crippen molar-refractivity contribution >= 4 is 5.78 Å². The van der Waals surface area contributed by atoms with Gasteiger partial charge in [-0.1, -0.05) is 42.8 Å². The molecule has 0 aromatic heterocycles. The molecule has 1 unspecified atom stereocenters. The zero-order chi connectivity index (χ0) is 12.0. The molecule has 0 radical (unpaired) electrons. The van der Waals surface area contributed by atoms with Crippen LogP contribution in [0.2, 0.25) is 0 Å². The van der Waals surface area contributed by atoms with Gasteiger partial charge in [0.25, 0.3) is 0 Å². The molecule has 16 heavy (non-hydrogen) atoms. The summed E-state index contributed by atoms with van der Waals surface area (Å²) in [7, 11) is 0. The van der Waals surface area contributed by atoms with Gasteiger partial charge in [-0.05, 0) is 25.3 Å². The van der Waals surface area contributed by atoms with Crippen LogP contribution < -0.4 is 0 Å². The van der Waals surface area contributed by atoms with Gasteiger partial charge in [-0.2, -0.15) is 0 Å². The molecule has 1 atom stereocenters. The first-order valence-electron chi connectivity index (χ1n) is 5.86. The summed E-state index contributed by atoms with van der Waals surface area (Å²) in [5.41, 5.74) is 2.49. The van der Waals surface area contributed by atoms with Crippen LogP contribution in [0.15, 0.2) is 36.9 Å². The van der Waals surface area contributed by atoms with Crippen LogP contribution >= 0.6 is 0 Å². The molecule has 0 spiro atoms. The van der Waals surface area contributed by atoms with Crippen molar-refractivity contribution in [2.24, 2.45) is 5.92 Å². The largest absolute Gasteiger partial charge is 0.299 e. The molecule has 0 saturated carbocycles. The van der Waals surface area contributed by atoms with Gasteiger partial charge < -0.3 is 0 Å². The number of aryl methyl sites for hydroxylation is 1. The number of benzene rings is 1. The Morgan fingerprint density at radius 2 is 2.25 bits per heavy atom. The summed E-state index contributed by atoms with van der Waals surface area (Å²) in [4.78, 5) is 11.7. The number of rotatable bonds is 6. The lowest BCUT2D eigenvalue weighted by atomic mass is 9.90. The van der Waals surface area contributed by atoms with Gasteiger partial charge in [0.1, 0.15) is 5.78 Å². The van der Waals surface area contributed by atoms with Crippen LogP contribution in [-0.2, 0) is 11.2 Å². The minimum Gasteiger partial charge on any atom is -0.299 e. The maximum absolute atomic E-state index is 11.7. The first kappa shape index (κ1) is 12.7. The molecule has 0 heterocycles. The van der Waals surface area contributed by atoms with E-state index in [4.69, 9.17) is 0 Å². The van der Waals surface area contributed by atoms with Crippen molar-refractivity contribution in [3.05, 3.63) is 48.0 Å². The lowest BCUT2D eigenvalue weighted by molar-refractivity contribution is -0.122. The van der Waals surface area contributed by atoms with Crippen molar-refractivity contribution in [2.45, 2.75) is 33.1 Å². The van der Waals surface area contributed by atoms with Gasteiger partial charge in [0.05, 0.1) is 0 Å². The van der Waals surface area contributed by atoms with Crippen molar-refractivity contribution < 1.29 is 4.79 Å². The highest BCUT2D eigenvalue weighted by Crippen LogP contribution is 2.16. The normalized spacial score (nSPS) is 12.1. The van der Waals surface area contributed by atoms with E-state index < -0.39 is 0 Å². The number of hydrogen-bond donors (Lipinski definition) is 0. The molecule has 0 aliphatic carbocycles. The molecular weight excluding hydrogens is 196 g/mol. The molecule has 0 bridgehead atoms. The Kier molecular flexibility index (Phi) is 4.97. The fourth-order valence-electron chi connectivity index (χ4n) is 1.94. The number of carbonyl (C=O) groups is 1. The van der Waals surface area contributed by atoms with Crippen LogP contribution in [0.4, 0.5) is 0 Å². The van der Waals surface area contributed by atoms with Gasteiger partial charge in [-0.15, -0.1) is 6.58 Å². The SMILES string of the molecule is C=CCC(Cc1cccc(C)c1)C(=O)CC. The van der Waals surface area contributed by atoms with Crippen LogP contribution in [-0.4, -0.2) is 5.78 Å². The lowest BCUT2D eigenvalue weighted by Gasteiger charge is -2.13. The number of allylic oxidation sites excluding steroid dienone is 1. The van der Waals surface area contributed by atoms with Gasteiger partial charge in [0.2, 0.25) is 0 Å². The predicted octanol–water partition coefficient (Wildman–Crippen LogP) is 3.71. The quantitative estimate of drug-likeness (QED) is 0.662. The monoisotopic (exact) mass is 216 g/mol. The van der Waals surface area contributed by atoms with Crippen molar-refractivity contribution in [1.29, 1.82) is 0 Å². The second-order valence-electron chi connectivity index (χ2n) is 4.23. The Morgan fingerprint density at radius 1 is 1.50 bits per heavy atom. The topological polar surface area (TPSA) is 17.1 Å². The Labute approximate surface area is 98.2 Å². The van der Waals surface area contributed by atoms with E-state index in [9.17, 15) is 4.79 Å². The van der Waals surface area contributed by atoms with Crippen LogP contribution in [0, 0.1) is 12.8 Å². The highest BCUT2D eigenvalue weighted by Gasteiger charge is 2.15. The Morgan fingerprint density at radius 3 is 2.81 bits per heavy atom. The van der Waals surface area contributed by atoms with E-state index in [2.05, 4.69) is 31.7 Å². The molecule has 86 valence electrons. The first-order valence-corrected chi connectivity index (χ1v) is 5.86. The number of carbonyl (C=O) groups excluding carboxylic acids is 1. The zero-order valence-electron chi connectivity index (χ0n) is 10.2. The van der Waals surface area contributed by atoms with Gasteiger partial charge in [0, 0.05) is 12.3 Å². The van der Waals surface area contributed by atoms with E-state index in [1.54, 1.807) is 0 Å². The van der Waals surface area contributed by atoms with E-state index in [1.807, 2.05) is 19.1 Å². The highest BCUT2D eigenvalue weighted by atomic mass is 16.1. The Bertz CT molecular complexity index is 365. The molecular formula is C15H20O. The lowest BCUT2D eigenvalue weighted by Crippen LogP contribution is -2.15. The average Bonchev–Trinajstić information content (AvgIpc) is 2.27. The minimum absolute atomic E-state index is 0.101. The second kappa shape index (κ2) is 6.26. The first-order chi connectivity index (χ1) is 7.67. The van der Waals surface area contributed by atoms with Crippen LogP contribution in [0.5, 0.6) is 0 Å². The zero-order valence-corrected chi connectivity index (χ0v) is 10.2. The van der Waals surface area contributed by atoms with Crippen LogP contribution in [0.1, 0.15) is 30.9 Å². The molecule has 1 aromatic rings. The summed E-state index contributed by atoms with van der Waals surface area (Å²) in [5.74, 6) is 0.436. The van der Waals surface area contributed by atoms with E-state index in [1.165, 1.54) is 11.1 Å². The molecule has 0 N–H and O–H groups in total. The predicted molar refractivity (Wildman–Crippen MR) is 68.5 cm³/mol. The maximum Gasteiger partial charge on any atom is 0.136 e. The van der Waals surface area contributed by atoms with Crippen molar-refractivity contribution in [2.75, 3.05) is 0 Å². The van der Waals surface area contributed by atoms with Crippen LogP contribution in [0.3, 0.4) is 0 Å². The smallest absolute Gasteiger partial charge is 0.136 e. The highest BCUT2D eigenvalue weighted by molar-refractivity contribution is 5.81. The van der Waals surface area contributed by atoms with Gasteiger partial charge >= 0.3 is 0 Å². The molecule has 0 aliphatic heterocycles. The molecule has 0 fully saturated rings. The molecule has 0 amide bonds. The van der Waals surface area contributed by atoms with Gasteiger partial charge in [0.15, 0.2) is 0 Å². The number of hydrogen-bond acceptors (Lipinski definition) is 1. The molecule has 0 aliphatic rings. The fourth-order valence-corrected chi connectivity index (χ4v) is 1.94. The van der Waals surface area contributed by atoms with Crippen molar-refractivity contribution in [3.63, 3.8) is 0 Å². The molecule has 1 nitrogen and oxygen atoms in total. The third-order valence-corrected chi connectivity index (χ3v) is 2.82. The molecule has 1 aromatic carbocycles. The maximum atomic E-state index is 11.7. The molecule has 1 rings (SSSR count). The van der Waals surface area contributed by atoms with E-state index in [-0.39, 0.29) is 5.92 Å². The van der Waals surface area contributed by atoms with Crippen molar-refractivity contribution in [1.82, 2.24) is 0 Å². The standard InChI is InChI=1S/C15H20O/c1-4-7-14(15(16)5-2)11-13-9-6-8-12(3)10-13/h4,6,8-10,14H,1,5,7,11H2,2-3H3. The van der Waals surface area contributed by atoms with Crippen LogP contribution in [0.25, 0.3) is 0 Å². The third-order valence-electron chi connectivity index (χ3n) is 2.82. The molecule has 0 saturated heterocycles. The van der Waals surface area contributed by atoms with Crippen molar-refractivity contribution in [3.8, 4) is 0 Å². The summed E-state index contributed by atoms with van der Waals surface area (Å²) in [6.07, 6.45) is 4.07. The Hall–Kier alpha value is -1.37. The average molecular weight is 216 g/mol. The van der Waals surface area contributed by atoms with Gasteiger partial charge in [-0.25, -0.2) is 0 Å². The van der Waals surface area contributed by atoms with Gasteiger partial charge in [-0.3, -0.25) is 4.79 Å². The summed E-state index contributed by atoms with van der Waals surface area (Å²) < 4.78 is 0. The number of Topliss-reactive ketones (excluding diaryl/α,β-unsaturated/α-hetero) is 1. The number of ketones is 1. The van der Waals surface area contributed by atoms with E-state index in [0.29, 0.717) is 12.2 Å². The second-order valence-corrected chi connectivity index (χ2v) is 4.23. The van der Waals surface area contributed by atoms with E-state index in [0.717, 1.165) is 12.8 Å². The summed E-state index contributed by atoms with van der Waals surface area (Å²) in [5, 5.41) is 0. The Balaban J connectivity index is 2.74. The van der Waals surface area contributed by atoms with E-state index >= 15 is 0 Å².